The second-order valence-corrected chi connectivity index (χ2v) is 38.1. The van der Waals surface area contributed by atoms with Crippen molar-refractivity contribution in [1.82, 2.24) is 0 Å². The van der Waals surface area contributed by atoms with Crippen LogP contribution in [0.3, 0.4) is 0 Å². The average molecular weight is 1250 g/mol. The van der Waals surface area contributed by atoms with Crippen molar-refractivity contribution in [2.75, 3.05) is 26.4 Å². The van der Waals surface area contributed by atoms with Gasteiger partial charge in [0.2, 0.25) is 0 Å². The van der Waals surface area contributed by atoms with E-state index < -0.39 is 25.8 Å². The van der Waals surface area contributed by atoms with E-state index in [-0.39, 0.29) is 59.6 Å². The molecule has 482 valence electrons. The first-order chi connectivity index (χ1) is 39.3. The lowest BCUT2D eigenvalue weighted by molar-refractivity contribution is -0.0673. The van der Waals surface area contributed by atoms with E-state index in [2.05, 4.69) is 299 Å². The van der Waals surface area contributed by atoms with Crippen LogP contribution in [0, 0.1) is 5.41 Å². The monoisotopic (exact) mass is 1250 g/mol. The molecule has 2 heterocycles. The molecule has 0 aromatic heterocycles. The summed E-state index contributed by atoms with van der Waals surface area (Å²) < 4.78 is 57.8. The van der Waals surface area contributed by atoms with Gasteiger partial charge in [-0.15, -0.1) is 0 Å². The predicted octanol–water partition coefficient (Wildman–Crippen LogP) is 23.1. The van der Waals surface area contributed by atoms with Crippen molar-refractivity contribution in [3.05, 3.63) is 147 Å². The average Bonchev–Trinajstić information content (AvgIpc) is 2.02. The molecule has 5 aromatic rings. The van der Waals surface area contributed by atoms with E-state index in [0.29, 0.717) is 26.4 Å². The topological polar surface area (TPSA) is 83.1 Å². The number of hydrogen-bond acceptors (Lipinski definition) is 9. The molecular weight excluding hydrogens is 1140 g/mol. The summed E-state index contributed by atoms with van der Waals surface area (Å²) in [6.07, 6.45) is 0. The van der Waals surface area contributed by atoms with E-state index in [1.165, 1.54) is 27.8 Å². The lowest BCUT2D eigenvalue weighted by Gasteiger charge is -2.41. The zero-order valence-electron chi connectivity index (χ0n) is 59.5. The summed E-state index contributed by atoms with van der Waals surface area (Å²) in [5.41, 5.74) is 11.3. The smallest absolute Gasteiger partial charge is 0.426 e. The van der Waals surface area contributed by atoms with Crippen LogP contribution in [0.15, 0.2) is 91.0 Å². The van der Waals surface area contributed by atoms with E-state index in [0.717, 1.165) is 56.6 Å². The molecule has 0 N–H and O–H groups in total. The molecule has 2 aliphatic rings. The molecule has 0 unspecified atom stereocenters. The molecule has 2 aliphatic heterocycles. The summed E-state index contributed by atoms with van der Waals surface area (Å²) in [4.78, 5) is 0. The van der Waals surface area contributed by atoms with Gasteiger partial charge in [-0.2, -0.15) is 0 Å². The van der Waals surface area contributed by atoms with Gasteiger partial charge in [-0.1, -0.05) is 268 Å². The minimum Gasteiger partial charge on any atom is -0.426 e. The normalized spacial score (nSPS) is 18.7. The lowest BCUT2D eigenvalue weighted by Crippen LogP contribution is -2.45. The summed E-state index contributed by atoms with van der Waals surface area (Å²) in [6, 6.07) is 32.6. The quantitative estimate of drug-likeness (QED) is 0.127. The molecular formula is C75H113O9P3. The molecule has 5 aromatic carbocycles. The third-order valence-corrected chi connectivity index (χ3v) is 19.1. The highest BCUT2D eigenvalue weighted by Gasteiger charge is 2.46. The van der Waals surface area contributed by atoms with Crippen molar-refractivity contribution in [2.24, 2.45) is 5.41 Å². The van der Waals surface area contributed by atoms with E-state index in [1.54, 1.807) is 0 Å². The molecule has 9 nitrogen and oxygen atoms in total. The largest absolute Gasteiger partial charge is 0.530 e. The van der Waals surface area contributed by atoms with Crippen LogP contribution in [0.2, 0.25) is 0 Å². The number of rotatable bonds is 10. The molecule has 1 spiro atoms. The van der Waals surface area contributed by atoms with Gasteiger partial charge in [-0.3, -0.25) is 0 Å². The zero-order chi connectivity index (χ0) is 65.7. The van der Waals surface area contributed by atoms with Crippen LogP contribution in [-0.4, -0.2) is 26.4 Å². The van der Waals surface area contributed by atoms with Gasteiger partial charge in [-0.05, 0) is 112 Å². The van der Waals surface area contributed by atoms with Gasteiger partial charge in [0.05, 0.1) is 31.8 Å². The Morgan fingerprint density at radius 1 is 0.276 bits per heavy atom. The SMILES string of the molecule is CC(C)(C)c1ccc(OP(Oc2ccc(C(C)(C)C)cc2C(C)(C)C)Oc2ccc(C(C)(C)C)cc2C(C)(C)C)c(C(C)(C)C)c1.CC(C)(C)c1ccc(OP2OCC3(CO2)COP(Oc2ccc(C(C)(C)C)cc2C(C)(C)C)OC3)c(C(C)(C)C)c1. The van der Waals surface area contributed by atoms with E-state index in [9.17, 15) is 0 Å². The molecule has 0 aliphatic carbocycles. The van der Waals surface area contributed by atoms with E-state index in [1.807, 2.05) is 0 Å². The van der Waals surface area contributed by atoms with Crippen LogP contribution in [-0.2, 0) is 72.2 Å². The van der Waals surface area contributed by atoms with Crippen molar-refractivity contribution in [1.29, 1.82) is 0 Å². The Kier molecular flexibility index (Phi) is 21.7. The molecule has 87 heavy (non-hydrogen) atoms. The fraction of sp³-hybridized carbons (Fsp3) is 0.600. The molecule has 2 fully saturated rings. The van der Waals surface area contributed by atoms with Crippen LogP contribution in [0.25, 0.3) is 0 Å². The van der Waals surface area contributed by atoms with E-state index in [4.69, 9.17) is 40.7 Å². The Morgan fingerprint density at radius 2 is 0.460 bits per heavy atom. The van der Waals surface area contributed by atoms with Crippen molar-refractivity contribution in [3.8, 4) is 28.7 Å². The molecule has 0 bridgehead atoms. The highest BCUT2D eigenvalue weighted by molar-refractivity contribution is 7.43. The first-order valence-electron chi connectivity index (χ1n) is 31.4. The van der Waals surface area contributed by atoms with Crippen LogP contribution in [0.4, 0.5) is 0 Å². The molecule has 2 saturated heterocycles. The van der Waals surface area contributed by atoms with Crippen molar-refractivity contribution >= 4 is 25.8 Å². The van der Waals surface area contributed by atoms with Crippen molar-refractivity contribution in [3.63, 3.8) is 0 Å². The van der Waals surface area contributed by atoms with Crippen molar-refractivity contribution in [2.45, 2.75) is 262 Å². The minimum atomic E-state index is -1.89. The maximum absolute atomic E-state index is 6.90. The Balaban J connectivity index is 0.000000280. The van der Waals surface area contributed by atoms with Crippen LogP contribution in [0.5, 0.6) is 28.7 Å². The molecule has 0 atom stereocenters. The summed E-state index contributed by atoms with van der Waals surface area (Å²) in [5, 5.41) is 0. The van der Waals surface area contributed by atoms with Gasteiger partial charge in [0, 0.05) is 27.8 Å². The maximum Gasteiger partial charge on any atom is 0.530 e. The predicted molar refractivity (Wildman–Crippen MR) is 369 cm³/mol. The Morgan fingerprint density at radius 3 is 0.644 bits per heavy atom. The van der Waals surface area contributed by atoms with Crippen molar-refractivity contribution < 1.29 is 40.7 Å². The van der Waals surface area contributed by atoms with E-state index >= 15 is 0 Å². The first kappa shape index (κ1) is 72.3. The lowest BCUT2D eigenvalue weighted by atomic mass is 9.80. The van der Waals surface area contributed by atoms with Crippen LogP contribution < -0.4 is 22.6 Å². The van der Waals surface area contributed by atoms with Crippen LogP contribution >= 0.6 is 25.8 Å². The maximum atomic E-state index is 6.90. The summed E-state index contributed by atoms with van der Waals surface area (Å²) in [5.74, 6) is 4.00. The van der Waals surface area contributed by atoms with Gasteiger partial charge in [-0.25, -0.2) is 0 Å². The second-order valence-electron chi connectivity index (χ2n) is 34.8. The first-order valence-corrected chi connectivity index (χ1v) is 34.7. The number of hydrogen-bond donors (Lipinski definition) is 0. The Bertz CT molecular complexity index is 2850. The molecule has 0 radical (unpaired) electrons. The van der Waals surface area contributed by atoms with Gasteiger partial charge >= 0.3 is 25.8 Å². The molecule has 0 saturated carbocycles. The standard InChI is InChI=1S/C42H63O3P.C33H50O6P2/c1-37(2,3)28-19-22-34(31(25-28)40(10,11)12)43-46(44-35-23-20-29(38(4,5)6)26-32(35)41(13,14)15)45-36-24-21-30(39(7,8)9)27-33(36)42(16,17)18;1-29(2,3)23-13-15-27(25(17-23)31(7,8)9)38-40-34-19-33(20-35-40)21-36-41(37-22-33)39-28-16-14-24(30(4,5)6)18-26(28)32(10,11)12/h19-27H,1-18H3;13-18H,19-22H2,1-12H3. The molecule has 12 heteroatoms. The molecule has 0 amide bonds. The summed E-state index contributed by atoms with van der Waals surface area (Å²) >= 11 is 0. The fourth-order valence-electron chi connectivity index (χ4n) is 9.96. The second kappa shape index (κ2) is 26.1. The van der Waals surface area contributed by atoms with Gasteiger partial charge < -0.3 is 40.7 Å². The number of benzene rings is 5. The minimum absolute atomic E-state index is 0.0170. The highest BCUT2D eigenvalue weighted by Crippen LogP contribution is 2.56. The Hall–Kier alpha value is -3.77. The highest BCUT2D eigenvalue weighted by atomic mass is 31.2. The fourth-order valence-corrected chi connectivity index (χ4v) is 13.5. The third kappa shape index (κ3) is 19.4. The van der Waals surface area contributed by atoms with Gasteiger partial charge in [0.1, 0.15) is 28.7 Å². The van der Waals surface area contributed by atoms with Crippen LogP contribution in [0.1, 0.15) is 263 Å². The third-order valence-electron chi connectivity index (χ3n) is 16.0. The Labute approximate surface area is 532 Å². The van der Waals surface area contributed by atoms with Gasteiger partial charge in [0.15, 0.2) is 0 Å². The molecule has 7 rings (SSSR count). The zero-order valence-corrected chi connectivity index (χ0v) is 62.2. The van der Waals surface area contributed by atoms with Gasteiger partial charge in [0.25, 0.3) is 0 Å². The summed E-state index contributed by atoms with van der Waals surface area (Å²) in [6.45, 7) is 68.7. The summed E-state index contributed by atoms with van der Waals surface area (Å²) in [7, 11) is -4.93.